The topological polar surface area (TPSA) is 106 Å². The predicted molar refractivity (Wildman–Crippen MR) is 106 cm³/mol. The van der Waals surface area contributed by atoms with E-state index in [0.717, 1.165) is 17.4 Å². The minimum Gasteiger partial charge on any atom is -0.441 e. The molecule has 2 aromatic heterocycles. The van der Waals surface area contributed by atoms with E-state index in [9.17, 15) is 23.1 Å². The van der Waals surface area contributed by atoms with E-state index in [1.54, 1.807) is 12.1 Å². The molecule has 168 valence electrons. The van der Waals surface area contributed by atoms with E-state index < -0.39 is 30.5 Å². The summed E-state index contributed by atoms with van der Waals surface area (Å²) in [6.07, 6.45) is -5.18. The van der Waals surface area contributed by atoms with Crippen LogP contribution >= 0.6 is 0 Å². The molecule has 3 heterocycles. The van der Waals surface area contributed by atoms with Gasteiger partial charge in [-0.2, -0.15) is 4.80 Å². The minimum absolute atomic E-state index is 0.126. The highest BCUT2D eigenvalue weighted by Gasteiger charge is 2.40. The van der Waals surface area contributed by atoms with Crippen molar-refractivity contribution in [3.8, 4) is 22.6 Å². The van der Waals surface area contributed by atoms with Gasteiger partial charge in [-0.15, -0.1) is 10.2 Å². The van der Waals surface area contributed by atoms with E-state index in [-0.39, 0.29) is 17.8 Å². The van der Waals surface area contributed by atoms with Crippen molar-refractivity contribution in [3.05, 3.63) is 42.3 Å². The van der Waals surface area contributed by atoms with Crippen molar-refractivity contribution in [3.63, 3.8) is 0 Å². The average Bonchev–Trinajstić information content (AvgIpc) is 3.40. The van der Waals surface area contributed by atoms with Gasteiger partial charge in [0.15, 0.2) is 12.2 Å². The summed E-state index contributed by atoms with van der Waals surface area (Å²) in [7, 11) is 0. The Bertz CT molecular complexity index is 1110. The Balaban J connectivity index is 1.51. The maximum absolute atomic E-state index is 14.8. The number of cyclic esters (lactones) is 1. The molecule has 1 fully saturated rings. The molecule has 9 nitrogen and oxygen atoms in total. The second kappa shape index (κ2) is 8.91. The molecule has 0 saturated carbocycles. The van der Waals surface area contributed by atoms with Crippen molar-refractivity contribution in [1.82, 2.24) is 25.2 Å². The zero-order valence-electron chi connectivity index (χ0n) is 16.9. The lowest BCUT2D eigenvalue weighted by Crippen LogP contribution is -2.36. The molecule has 1 aliphatic rings. The van der Waals surface area contributed by atoms with E-state index in [4.69, 9.17) is 4.74 Å². The van der Waals surface area contributed by atoms with Crippen LogP contribution in [0.3, 0.4) is 0 Å². The van der Waals surface area contributed by atoms with Gasteiger partial charge in [-0.1, -0.05) is 13.0 Å². The Kier molecular flexibility index (Phi) is 6.04. The molecule has 2 atom stereocenters. The van der Waals surface area contributed by atoms with Crippen molar-refractivity contribution in [2.45, 2.75) is 38.5 Å². The number of benzene rings is 1. The van der Waals surface area contributed by atoms with Crippen molar-refractivity contribution < 1.29 is 27.8 Å². The summed E-state index contributed by atoms with van der Waals surface area (Å²) in [5.74, 6) is -0.288. The van der Waals surface area contributed by atoms with E-state index in [1.807, 2.05) is 6.92 Å². The number of hydrogen-bond acceptors (Lipinski definition) is 7. The van der Waals surface area contributed by atoms with Crippen LogP contribution in [0.2, 0.25) is 0 Å². The second-order valence-corrected chi connectivity index (χ2v) is 7.16. The van der Waals surface area contributed by atoms with Crippen LogP contribution in [0.4, 0.5) is 23.7 Å². The first-order chi connectivity index (χ1) is 15.4. The Morgan fingerprint density at radius 1 is 1.28 bits per heavy atom. The van der Waals surface area contributed by atoms with Crippen LogP contribution in [0, 0.1) is 5.82 Å². The lowest BCUT2D eigenvalue weighted by Gasteiger charge is -2.16. The van der Waals surface area contributed by atoms with Gasteiger partial charge in [0.2, 0.25) is 5.82 Å². The number of hydrogen-bond donors (Lipinski definition) is 1. The van der Waals surface area contributed by atoms with Crippen LogP contribution in [0.5, 0.6) is 0 Å². The first kappa shape index (κ1) is 21.7. The highest BCUT2D eigenvalue weighted by Crippen LogP contribution is 2.30. The molecule has 1 N–H and O–H groups in total. The summed E-state index contributed by atoms with van der Waals surface area (Å²) < 4.78 is 44.9. The molecule has 3 aromatic rings. The monoisotopic (exact) mass is 448 g/mol. The molecular weight excluding hydrogens is 429 g/mol. The number of nitrogens with zero attached hydrogens (tertiary/aromatic N) is 6. The molecule has 0 radical (unpaired) electrons. The maximum atomic E-state index is 14.8. The molecule has 0 spiro atoms. The number of rotatable bonds is 7. The number of pyridine rings is 1. The molecular formula is C20H19F3N6O3. The van der Waals surface area contributed by atoms with Gasteiger partial charge in [-0.25, -0.2) is 18.0 Å². The Morgan fingerprint density at radius 2 is 2.09 bits per heavy atom. The first-order valence-corrected chi connectivity index (χ1v) is 9.86. The molecule has 4 rings (SSSR count). The number of alkyl halides is 2. The van der Waals surface area contributed by atoms with Gasteiger partial charge >= 0.3 is 6.09 Å². The van der Waals surface area contributed by atoms with Crippen molar-refractivity contribution in [1.29, 1.82) is 0 Å². The number of aliphatic hydroxyl groups is 1. The van der Waals surface area contributed by atoms with Crippen molar-refractivity contribution in [2.75, 3.05) is 11.4 Å². The summed E-state index contributed by atoms with van der Waals surface area (Å²) in [6, 6.07) is 7.30. The third-order valence-electron chi connectivity index (χ3n) is 4.92. The predicted octanol–water partition coefficient (Wildman–Crippen LogP) is 2.90. The van der Waals surface area contributed by atoms with Crippen molar-refractivity contribution in [2.24, 2.45) is 0 Å². The average molecular weight is 448 g/mol. The van der Waals surface area contributed by atoms with Gasteiger partial charge < -0.3 is 9.84 Å². The summed E-state index contributed by atoms with van der Waals surface area (Å²) in [4.78, 5) is 18.7. The Hall–Kier alpha value is -3.54. The van der Waals surface area contributed by atoms with Crippen LogP contribution in [-0.2, 0) is 11.3 Å². The lowest BCUT2D eigenvalue weighted by molar-refractivity contribution is -0.0641. The molecule has 0 bridgehead atoms. The molecule has 1 aliphatic heterocycles. The summed E-state index contributed by atoms with van der Waals surface area (Å²) >= 11 is 0. The van der Waals surface area contributed by atoms with Gasteiger partial charge in [0.05, 0.1) is 18.8 Å². The lowest BCUT2D eigenvalue weighted by atomic mass is 10.1. The van der Waals surface area contributed by atoms with Gasteiger partial charge in [0.1, 0.15) is 11.5 Å². The molecule has 1 saturated heterocycles. The van der Waals surface area contributed by atoms with Gasteiger partial charge in [-0.05, 0) is 35.9 Å². The SMILES string of the molecule is CCCn1nnc(-c2ccc(-c3ccc(N4C[C@@H]([C@H](O)C(F)F)OC4=O)cc3F)cn2)n1. The van der Waals surface area contributed by atoms with Crippen LogP contribution in [0.25, 0.3) is 22.6 Å². The Morgan fingerprint density at radius 3 is 2.75 bits per heavy atom. The molecule has 1 aromatic carbocycles. The molecule has 1 amide bonds. The Labute approximate surface area is 180 Å². The molecule has 0 aliphatic carbocycles. The van der Waals surface area contributed by atoms with Crippen LogP contribution in [0.1, 0.15) is 13.3 Å². The smallest absolute Gasteiger partial charge is 0.414 e. The number of carbonyl (C=O) groups excluding carboxylic acids is 1. The molecule has 0 unspecified atom stereocenters. The van der Waals surface area contributed by atoms with Crippen molar-refractivity contribution >= 4 is 11.8 Å². The maximum Gasteiger partial charge on any atom is 0.414 e. The van der Waals surface area contributed by atoms with E-state index >= 15 is 0 Å². The highest BCUT2D eigenvalue weighted by molar-refractivity contribution is 5.90. The number of aromatic nitrogens is 5. The molecule has 12 heteroatoms. The number of carbonyl (C=O) groups is 1. The number of ether oxygens (including phenoxy) is 1. The number of aryl methyl sites for hydroxylation is 1. The van der Waals surface area contributed by atoms with Gasteiger partial charge in [-0.3, -0.25) is 9.88 Å². The number of halogens is 3. The van der Waals surface area contributed by atoms with Crippen LogP contribution < -0.4 is 4.90 Å². The van der Waals surface area contributed by atoms with E-state index in [2.05, 4.69) is 20.4 Å². The number of anilines is 1. The van der Waals surface area contributed by atoms with E-state index in [0.29, 0.717) is 23.6 Å². The molecule has 32 heavy (non-hydrogen) atoms. The summed E-state index contributed by atoms with van der Waals surface area (Å²) in [6.45, 7) is 2.31. The summed E-state index contributed by atoms with van der Waals surface area (Å²) in [5, 5.41) is 21.5. The van der Waals surface area contributed by atoms with Crippen LogP contribution in [-0.4, -0.2) is 61.6 Å². The van der Waals surface area contributed by atoms with Crippen LogP contribution in [0.15, 0.2) is 36.5 Å². The zero-order valence-corrected chi connectivity index (χ0v) is 16.9. The fourth-order valence-electron chi connectivity index (χ4n) is 3.27. The first-order valence-electron chi connectivity index (χ1n) is 9.86. The van der Waals surface area contributed by atoms with E-state index in [1.165, 1.54) is 23.1 Å². The summed E-state index contributed by atoms with van der Waals surface area (Å²) in [5.41, 5.74) is 1.32. The second-order valence-electron chi connectivity index (χ2n) is 7.16. The largest absolute Gasteiger partial charge is 0.441 e. The highest BCUT2D eigenvalue weighted by atomic mass is 19.3. The quantitative estimate of drug-likeness (QED) is 0.592. The number of amides is 1. The third-order valence-corrected chi connectivity index (χ3v) is 4.92. The number of tetrazole rings is 1. The fourth-order valence-corrected chi connectivity index (χ4v) is 3.27. The van der Waals surface area contributed by atoms with Gasteiger partial charge in [0.25, 0.3) is 6.43 Å². The fraction of sp³-hybridized carbons (Fsp3) is 0.350. The standard InChI is InChI=1S/C20H19F3N6O3/c1-2-7-29-26-19(25-27-29)15-6-3-11(9-24-15)13-5-4-12(8-14(13)21)28-10-16(32-20(28)31)17(30)18(22)23/h3-6,8-9,16-18,30H,2,7,10H2,1H3/t16-,17-/m0/s1. The number of aliphatic hydroxyl groups excluding tert-OH is 1. The van der Waals surface area contributed by atoms with Gasteiger partial charge in [0, 0.05) is 17.3 Å². The zero-order chi connectivity index (χ0) is 22.8. The third kappa shape index (κ3) is 4.26. The minimum atomic E-state index is -3.06. The normalized spacial score (nSPS) is 17.1.